The van der Waals surface area contributed by atoms with Crippen LogP contribution in [0.3, 0.4) is 0 Å². The van der Waals surface area contributed by atoms with Gasteiger partial charge in [-0.2, -0.15) is 0 Å². The van der Waals surface area contributed by atoms with Gasteiger partial charge in [0.15, 0.2) is 0 Å². The van der Waals surface area contributed by atoms with E-state index >= 15 is 0 Å². The molecule has 0 saturated carbocycles. The predicted molar refractivity (Wildman–Crippen MR) is 69.2 cm³/mol. The van der Waals surface area contributed by atoms with Crippen LogP contribution in [-0.2, 0) is 17.6 Å². The summed E-state index contributed by atoms with van der Waals surface area (Å²) < 4.78 is 6.38. The Bertz CT molecular complexity index is 371. The molecule has 1 N–H and O–H groups in total. The standard InChI is InChI=1S/C15H21NO/c1-15(6-8-16-9-7-15)17-14-10-12-4-2-3-5-13(12)11-14/h2-5,14,16H,6-11H2,1H3. The lowest BCUT2D eigenvalue weighted by atomic mass is 9.94. The quantitative estimate of drug-likeness (QED) is 0.843. The summed E-state index contributed by atoms with van der Waals surface area (Å²) in [4.78, 5) is 0. The lowest BCUT2D eigenvalue weighted by Gasteiger charge is -2.36. The Kier molecular flexibility index (Phi) is 2.93. The second-order valence-corrected chi connectivity index (χ2v) is 5.62. The van der Waals surface area contributed by atoms with Gasteiger partial charge in [-0.25, -0.2) is 0 Å². The van der Waals surface area contributed by atoms with Gasteiger partial charge >= 0.3 is 0 Å². The summed E-state index contributed by atoms with van der Waals surface area (Å²) in [6.45, 7) is 4.46. The van der Waals surface area contributed by atoms with Crippen molar-refractivity contribution in [3.8, 4) is 0 Å². The number of hydrogen-bond acceptors (Lipinski definition) is 2. The van der Waals surface area contributed by atoms with Gasteiger partial charge in [0.1, 0.15) is 0 Å². The first kappa shape index (κ1) is 11.2. The second-order valence-electron chi connectivity index (χ2n) is 5.62. The van der Waals surface area contributed by atoms with Crippen LogP contribution in [-0.4, -0.2) is 24.8 Å². The Morgan fingerprint density at radius 3 is 2.29 bits per heavy atom. The largest absolute Gasteiger partial charge is 0.371 e. The third-order valence-electron chi connectivity index (χ3n) is 4.13. The van der Waals surface area contributed by atoms with E-state index in [1.165, 1.54) is 11.1 Å². The zero-order valence-corrected chi connectivity index (χ0v) is 10.5. The minimum atomic E-state index is 0.0952. The molecule has 1 aliphatic heterocycles. The molecule has 1 saturated heterocycles. The first-order valence-electron chi connectivity index (χ1n) is 6.70. The van der Waals surface area contributed by atoms with E-state index in [2.05, 4.69) is 36.5 Å². The van der Waals surface area contributed by atoms with Crippen molar-refractivity contribution < 1.29 is 4.74 Å². The molecule has 17 heavy (non-hydrogen) atoms. The minimum Gasteiger partial charge on any atom is -0.371 e. The first-order chi connectivity index (χ1) is 8.25. The summed E-state index contributed by atoms with van der Waals surface area (Å²) in [5.74, 6) is 0. The van der Waals surface area contributed by atoms with Gasteiger partial charge in [-0.15, -0.1) is 0 Å². The van der Waals surface area contributed by atoms with Gasteiger partial charge < -0.3 is 10.1 Å². The summed E-state index contributed by atoms with van der Waals surface area (Å²) in [5.41, 5.74) is 3.06. The molecule has 0 atom stereocenters. The van der Waals surface area contributed by atoms with E-state index in [1.54, 1.807) is 0 Å². The van der Waals surface area contributed by atoms with E-state index in [4.69, 9.17) is 4.74 Å². The molecule has 0 radical (unpaired) electrons. The van der Waals surface area contributed by atoms with Gasteiger partial charge in [-0.05, 0) is 56.8 Å². The fourth-order valence-corrected chi connectivity index (χ4v) is 3.08. The van der Waals surface area contributed by atoms with E-state index in [9.17, 15) is 0 Å². The fourth-order valence-electron chi connectivity index (χ4n) is 3.08. The van der Waals surface area contributed by atoms with Crippen LogP contribution in [0.4, 0.5) is 0 Å². The Balaban J connectivity index is 1.65. The lowest BCUT2D eigenvalue weighted by Crippen LogP contribution is -2.44. The number of fused-ring (bicyclic) bond motifs is 1. The molecular formula is C15H21NO. The smallest absolute Gasteiger partial charge is 0.0682 e. The molecule has 0 spiro atoms. The first-order valence-corrected chi connectivity index (χ1v) is 6.70. The van der Waals surface area contributed by atoms with Gasteiger partial charge in [0, 0.05) is 0 Å². The zero-order valence-electron chi connectivity index (χ0n) is 10.5. The van der Waals surface area contributed by atoms with Crippen LogP contribution >= 0.6 is 0 Å². The van der Waals surface area contributed by atoms with Crippen LogP contribution in [0.5, 0.6) is 0 Å². The molecule has 0 amide bonds. The molecule has 2 nitrogen and oxygen atoms in total. The summed E-state index contributed by atoms with van der Waals surface area (Å²) >= 11 is 0. The van der Waals surface area contributed by atoms with Crippen molar-refractivity contribution in [1.82, 2.24) is 5.32 Å². The number of benzene rings is 1. The van der Waals surface area contributed by atoms with Crippen molar-refractivity contribution in [2.75, 3.05) is 13.1 Å². The molecule has 1 fully saturated rings. The maximum atomic E-state index is 6.38. The molecule has 1 aliphatic carbocycles. The summed E-state index contributed by atoms with van der Waals surface area (Å²) in [6, 6.07) is 8.74. The van der Waals surface area contributed by atoms with Crippen LogP contribution in [0.25, 0.3) is 0 Å². The molecule has 1 aromatic rings. The normalized spacial score (nSPS) is 23.6. The van der Waals surface area contributed by atoms with Crippen LogP contribution in [0, 0.1) is 0 Å². The average molecular weight is 231 g/mol. The Morgan fingerprint density at radius 1 is 1.12 bits per heavy atom. The molecule has 2 heteroatoms. The highest BCUT2D eigenvalue weighted by molar-refractivity contribution is 5.32. The highest BCUT2D eigenvalue weighted by Crippen LogP contribution is 2.30. The van der Waals surface area contributed by atoms with Gasteiger partial charge in [0.2, 0.25) is 0 Å². The SMILES string of the molecule is CC1(OC2Cc3ccccc3C2)CCNCC1. The Hall–Kier alpha value is -0.860. The maximum absolute atomic E-state index is 6.38. The van der Waals surface area contributed by atoms with Crippen molar-refractivity contribution in [2.24, 2.45) is 0 Å². The van der Waals surface area contributed by atoms with Gasteiger partial charge in [-0.1, -0.05) is 24.3 Å². The molecule has 1 aromatic carbocycles. The lowest BCUT2D eigenvalue weighted by molar-refractivity contribution is -0.0939. The van der Waals surface area contributed by atoms with Crippen LogP contribution in [0.1, 0.15) is 30.9 Å². The van der Waals surface area contributed by atoms with Crippen molar-refractivity contribution in [3.63, 3.8) is 0 Å². The minimum absolute atomic E-state index is 0.0952. The average Bonchev–Trinajstić information content (AvgIpc) is 2.71. The number of ether oxygens (including phenoxy) is 1. The Labute approximate surface area is 103 Å². The van der Waals surface area contributed by atoms with Crippen LogP contribution in [0.15, 0.2) is 24.3 Å². The molecule has 3 rings (SSSR count). The summed E-state index contributed by atoms with van der Waals surface area (Å²) in [6.07, 6.45) is 4.87. The van der Waals surface area contributed by atoms with E-state index in [0.29, 0.717) is 6.10 Å². The fraction of sp³-hybridized carbons (Fsp3) is 0.600. The summed E-state index contributed by atoms with van der Waals surface area (Å²) in [7, 11) is 0. The highest BCUT2D eigenvalue weighted by atomic mass is 16.5. The zero-order chi connectivity index (χ0) is 11.7. The van der Waals surface area contributed by atoms with Gasteiger partial charge in [0.05, 0.1) is 11.7 Å². The third kappa shape index (κ3) is 2.38. The number of nitrogens with one attached hydrogen (secondary N) is 1. The molecule has 2 aliphatic rings. The maximum Gasteiger partial charge on any atom is 0.0682 e. The van der Waals surface area contributed by atoms with Crippen LogP contribution < -0.4 is 5.32 Å². The van der Waals surface area contributed by atoms with E-state index in [0.717, 1.165) is 38.8 Å². The van der Waals surface area contributed by atoms with Crippen molar-refractivity contribution in [1.29, 1.82) is 0 Å². The number of piperidine rings is 1. The number of hydrogen-bond donors (Lipinski definition) is 1. The second kappa shape index (κ2) is 4.43. The van der Waals surface area contributed by atoms with Crippen molar-refractivity contribution in [3.05, 3.63) is 35.4 Å². The third-order valence-corrected chi connectivity index (χ3v) is 4.13. The van der Waals surface area contributed by atoms with E-state index < -0.39 is 0 Å². The van der Waals surface area contributed by atoms with Crippen molar-refractivity contribution in [2.45, 2.75) is 44.3 Å². The molecule has 0 bridgehead atoms. The van der Waals surface area contributed by atoms with E-state index in [-0.39, 0.29) is 5.60 Å². The van der Waals surface area contributed by atoms with Crippen molar-refractivity contribution >= 4 is 0 Å². The molecule has 1 heterocycles. The van der Waals surface area contributed by atoms with Crippen LogP contribution in [0.2, 0.25) is 0 Å². The molecule has 92 valence electrons. The Morgan fingerprint density at radius 2 is 1.71 bits per heavy atom. The highest BCUT2D eigenvalue weighted by Gasteiger charge is 2.33. The number of rotatable bonds is 2. The molecule has 0 unspecified atom stereocenters. The van der Waals surface area contributed by atoms with E-state index in [1.807, 2.05) is 0 Å². The topological polar surface area (TPSA) is 21.3 Å². The molecule has 0 aromatic heterocycles. The summed E-state index contributed by atoms with van der Waals surface area (Å²) in [5, 5.41) is 3.40. The monoisotopic (exact) mass is 231 g/mol. The molecular weight excluding hydrogens is 210 g/mol. The predicted octanol–water partition coefficient (Wildman–Crippen LogP) is 2.31. The van der Waals surface area contributed by atoms with Gasteiger partial charge in [0.25, 0.3) is 0 Å². The van der Waals surface area contributed by atoms with Gasteiger partial charge in [-0.3, -0.25) is 0 Å².